The summed E-state index contributed by atoms with van der Waals surface area (Å²) in [6, 6.07) is 3.13. The minimum absolute atomic E-state index is 0.102. The van der Waals surface area contributed by atoms with E-state index in [2.05, 4.69) is 25.2 Å². The predicted octanol–water partition coefficient (Wildman–Crippen LogP) is 3.00. The number of carbonyl (C=O) groups excluding carboxylic acids is 1. The van der Waals surface area contributed by atoms with Gasteiger partial charge in [-0.1, -0.05) is 13.8 Å². The van der Waals surface area contributed by atoms with Gasteiger partial charge in [0.15, 0.2) is 0 Å². The van der Waals surface area contributed by atoms with Gasteiger partial charge in [0.05, 0.1) is 12.7 Å². The molecule has 0 spiro atoms. The molecule has 0 bridgehead atoms. The molecule has 0 saturated carbocycles. The molecular weight excluding hydrogens is 282 g/mol. The Balaban J connectivity index is 2.27. The minimum atomic E-state index is -1.05. The zero-order chi connectivity index (χ0) is 16.4. The van der Waals surface area contributed by atoms with Gasteiger partial charge in [-0.25, -0.2) is 0 Å². The minimum Gasteiger partial charge on any atom is -0.480 e. The van der Waals surface area contributed by atoms with Gasteiger partial charge in [-0.15, -0.1) is 0 Å². The summed E-state index contributed by atoms with van der Waals surface area (Å²) in [6.07, 6.45) is 1.67. The SMILES string of the molecule is Cc1cc2occ(CC(=O)N[C@H](C)C(=O)O)c2cc1C(C)C. The van der Waals surface area contributed by atoms with Gasteiger partial charge in [0.25, 0.3) is 0 Å². The maximum Gasteiger partial charge on any atom is 0.325 e. The highest BCUT2D eigenvalue weighted by molar-refractivity contribution is 5.90. The molecule has 1 aromatic heterocycles. The topological polar surface area (TPSA) is 79.5 Å². The largest absolute Gasteiger partial charge is 0.480 e. The Labute approximate surface area is 129 Å². The van der Waals surface area contributed by atoms with Crippen LogP contribution < -0.4 is 5.32 Å². The van der Waals surface area contributed by atoms with Crippen molar-refractivity contribution in [3.8, 4) is 0 Å². The van der Waals surface area contributed by atoms with Crippen molar-refractivity contribution in [2.24, 2.45) is 0 Å². The second-order valence-electron chi connectivity index (χ2n) is 5.92. The van der Waals surface area contributed by atoms with Crippen LogP contribution in [0.1, 0.15) is 43.4 Å². The van der Waals surface area contributed by atoms with Gasteiger partial charge in [-0.2, -0.15) is 0 Å². The number of aliphatic carboxylic acids is 1. The van der Waals surface area contributed by atoms with Crippen LogP contribution in [0.5, 0.6) is 0 Å². The lowest BCUT2D eigenvalue weighted by atomic mass is 9.95. The number of carboxylic acid groups (broad SMARTS) is 1. The van der Waals surface area contributed by atoms with Crippen molar-refractivity contribution in [3.05, 3.63) is 35.1 Å². The second kappa shape index (κ2) is 6.22. The average molecular weight is 303 g/mol. The van der Waals surface area contributed by atoms with Crippen LogP contribution >= 0.6 is 0 Å². The predicted molar refractivity (Wildman–Crippen MR) is 84.0 cm³/mol. The number of fused-ring (bicyclic) bond motifs is 1. The van der Waals surface area contributed by atoms with Crippen LogP contribution in [0.3, 0.4) is 0 Å². The fourth-order valence-corrected chi connectivity index (χ4v) is 2.53. The molecule has 5 heteroatoms. The Bertz CT molecular complexity index is 715. The summed E-state index contributed by atoms with van der Waals surface area (Å²) in [5.74, 6) is -1.000. The van der Waals surface area contributed by atoms with E-state index in [1.54, 1.807) is 6.26 Å². The quantitative estimate of drug-likeness (QED) is 0.890. The number of hydrogen-bond acceptors (Lipinski definition) is 3. The van der Waals surface area contributed by atoms with E-state index in [1.807, 2.05) is 13.0 Å². The Morgan fingerprint density at radius 3 is 2.55 bits per heavy atom. The molecule has 5 nitrogen and oxygen atoms in total. The Morgan fingerprint density at radius 2 is 1.95 bits per heavy atom. The van der Waals surface area contributed by atoms with Crippen LogP contribution in [0.2, 0.25) is 0 Å². The zero-order valence-corrected chi connectivity index (χ0v) is 13.3. The van der Waals surface area contributed by atoms with Crippen molar-refractivity contribution >= 4 is 22.8 Å². The number of amides is 1. The van der Waals surface area contributed by atoms with E-state index in [1.165, 1.54) is 12.5 Å². The normalized spacial score (nSPS) is 12.6. The molecule has 2 N–H and O–H groups in total. The molecule has 22 heavy (non-hydrogen) atoms. The summed E-state index contributed by atoms with van der Waals surface area (Å²) in [6.45, 7) is 7.72. The smallest absolute Gasteiger partial charge is 0.325 e. The van der Waals surface area contributed by atoms with Gasteiger partial charge < -0.3 is 14.8 Å². The summed E-state index contributed by atoms with van der Waals surface area (Å²) >= 11 is 0. The van der Waals surface area contributed by atoms with Crippen LogP contribution in [0.4, 0.5) is 0 Å². The lowest BCUT2D eigenvalue weighted by molar-refractivity contribution is -0.141. The summed E-state index contributed by atoms with van der Waals surface area (Å²) in [7, 11) is 0. The fraction of sp³-hybridized carbons (Fsp3) is 0.412. The summed E-state index contributed by atoms with van der Waals surface area (Å²) < 4.78 is 5.52. The highest BCUT2D eigenvalue weighted by Crippen LogP contribution is 2.29. The number of carboxylic acids is 1. The first kappa shape index (κ1) is 16.1. The van der Waals surface area contributed by atoms with Gasteiger partial charge >= 0.3 is 5.97 Å². The van der Waals surface area contributed by atoms with Gasteiger partial charge in [0.1, 0.15) is 11.6 Å². The van der Waals surface area contributed by atoms with Gasteiger partial charge in [-0.3, -0.25) is 9.59 Å². The van der Waals surface area contributed by atoms with Gasteiger partial charge in [-0.05, 0) is 43.0 Å². The maximum atomic E-state index is 11.9. The van der Waals surface area contributed by atoms with Gasteiger partial charge in [0, 0.05) is 10.9 Å². The average Bonchev–Trinajstić information content (AvgIpc) is 2.79. The summed E-state index contributed by atoms with van der Waals surface area (Å²) in [5.41, 5.74) is 3.89. The Hall–Kier alpha value is -2.30. The number of nitrogens with one attached hydrogen (secondary N) is 1. The highest BCUT2D eigenvalue weighted by Gasteiger charge is 2.17. The molecule has 0 aliphatic carbocycles. The number of benzene rings is 1. The van der Waals surface area contributed by atoms with E-state index < -0.39 is 12.0 Å². The van der Waals surface area contributed by atoms with Crippen molar-refractivity contribution in [1.82, 2.24) is 5.32 Å². The van der Waals surface area contributed by atoms with E-state index in [0.717, 1.165) is 22.1 Å². The Kier molecular flexibility index (Phi) is 4.54. The monoisotopic (exact) mass is 303 g/mol. The molecule has 1 amide bonds. The number of furan rings is 1. The molecule has 2 aromatic rings. The third-order valence-electron chi connectivity index (χ3n) is 3.76. The second-order valence-corrected chi connectivity index (χ2v) is 5.92. The Morgan fingerprint density at radius 1 is 1.27 bits per heavy atom. The molecule has 0 aliphatic heterocycles. The summed E-state index contributed by atoms with van der Waals surface area (Å²) in [5, 5.41) is 12.2. The lowest BCUT2D eigenvalue weighted by Crippen LogP contribution is -2.39. The van der Waals surface area contributed by atoms with Gasteiger partial charge in [0.2, 0.25) is 5.91 Å². The molecule has 1 aromatic carbocycles. The lowest BCUT2D eigenvalue weighted by Gasteiger charge is -2.10. The number of rotatable bonds is 5. The highest BCUT2D eigenvalue weighted by atomic mass is 16.4. The van der Waals surface area contributed by atoms with Crippen LogP contribution in [0.15, 0.2) is 22.8 Å². The van der Waals surface area contributed by atoms with Crippen molar-refractivity contribution < 1.29 is 19.1 Å². The van der Waals surface area contributed by atoms with E-state index in [0.29, 0.717) is 5.92 Å². The van der Waals surface area contributed by atoms with Crippen molar-refractivity contribution in [2.75, 3.05) is 0 Å². The van der Waals surface area contributed by atoms with Crippen molar-refractivity contribution in [2.45, 2.75) is 46.1 Å². The molecule has 0 aliphatic rings. The van der Waals surface area contributed by atoms with E-state index in [-0.39, 0.29) is 12.3 Å². The third kappa shape index (κ3) is 3.30. The van der Waals surface area contributed by atoms with Crippen LogP contribution in [-0.4, -0.2) is 23.0 Å². The van der Waals surface area contributed by atoms with E-state index in [9.17, 15) is 9.59 Å². The number of aryl methyl sites for hydroxylation is 1. The molecule has 0 fully saturated rings. The first-order valence-electron chi connectivity index (χ1n) is 7.32. The van der Waals surface area contributed by atoms with Crippen molar-refractivity contribution in [3.63, 3.8) is 0 Å². The van der Waals surface area contributed by atoms with Crippen LogP contribution in [0, 0.1) is 6.92 Å². The molecule has 118 valence electrons. The number of carbonyl (C=O) groups is 2. The maximum absolute atomic E-state index is 11.9. The molecule has 1 atom stereocenters. The number of hydrogen-bond donors (Lipinski definition) is 2. The van der Waals surface area contributed by atoms with Crippen LogP contribution in [0.25, 0.3) is 11.0 Å². The van der Waals surface area contributed by atoms with Crippen LogP contribution in [-0.2, 0) is 16.0 Å². The molecular formula is C17H21NO4. The zero-order valence-electron chi connectivity index (χ0n) is 13.3. The van der Waals surface area contributed by atoms with Crippen molar-refractivity contribution in [1.29, 1.82) is 0 Å². The van der Waals surface area contributed by atoms with E-state index in [4.69, 9.17) is 9.52 Å². The fourth-order valence-electron chi connectivity index (χ4n) is 2.53. The molecule has 0 unspecified atom stereocenters. The molecule has 0 radical (unpaired) electrons. The molecule has 0 saturated heterocycles. The standard InChI is InChI=1S/C17H21NO4/c1-9(2)13-7-14-12(8-22-15(14)5-10(13)3)6-16(19)18-11(4)17(20)21/h5,7-9,11H,6H2,1-4H3,(H,18,19)(H,20,21)/t11-/m1/s1. The third-order valence-corrected chi connectivity index (χ3v) is 3.76. The first-order chi connectivity index (χ1) is 10.3. The molecule has 2 rings (SSSR count). The summed E-state index contributed by atoms with van der Waals surface area (Å²) in [4.78, 5) is 22.7. The van der Waals surface area contributed by atoms with E-state index >= 15 is 0 Å². The first-order valence-corrected chi connectivity index (χ1v) is 7.32. The molecule has 1 heterocycles.